The Labute approximate surface area is 139 Å². The fraction of sp³-hybridized carbons (Fsp3) is 0.111. The molecule has 0 aliphatic heterocycles. The van der Waals surface area contributed by atoms with Crippen LogP contribution >= 0.6 is 11.3 Å². The molecule has 0 aliphatic rings. The fourth-order valence-electron chi connectivity index (χ4n) is 2.17. The molecule has 2 N–H and O–H groups in total. The summed E-state index contributed by atoms with van der Waals surface area (Å²) >= 11 is 1.57. The number of nitrogens with zero attached hydrogens (tertiary/aromatic N) is 1. The Morgan fingerprint density at radius 1 is 1.04 bits per heavy atom. The summed E-state index contributed by atoms with van der Waals surface area (Å²) in [6.07, 6.45) is 0. The monoisotopic (exact) mass is 323 g/mol. The molecule has 0 fully saturated rings. The van der Waals surface area contributed by atoms with Crippen molar-refractivity contribution in [3.05, 3.63) is 82.3 Å². The molecular formula is C18H17N3OS. The Morgan fingerprint density at radius 2 is 1.91 bits per heavy atom. The lowest BCUT2D eigenvalue weighted by Crippen LogP contribution is -2.22. The summed E-state index contributed by atoms with van der Waals surface area (Å²) in [5.74, 6) is -0.0776. The molecule has 0 saturated carbocycles. The van der Waals surface area contributed by atoms with Gasteiger partial charge in [-0.15, -0.1) is 11.3 Å². The van der Waals surface area contributed by atoms with Crippen molar-refractivity contribution in [2.75, 3.05) is 5.32 Å². The van der Waals surface area contributed by atoms with Gasteiger partial charge < -0.3 is 10.6 Å². The number of carbonyl (C=O) groups excluding carboxylic acids is 1. The molecule has 0 bridgehead atoms. The summed E-state index contributed by atoms with van der Waals surface area (Å²) < 4.78 is 0. The first-order chi connectivity index (χ1) is 11.3. The van der Waals surface area contributed by atoms with Crippen molar-refractivity contribution >= 4 is 22.9 Å². The first-order valence-electron chi connectivity index (χ1n) is 7.34. The van der Waals surface area contributed by atoms with Crippen LogP contribution in [0.1, 0.15) is 21.6 Å². The van der Waals surface area contributed by atoms with Gasteiger partial charge in [0.05, 0.1) is 17.7 Å². The van der Waals surface area contributed by atoms with Crippen molar-refractivity contribution in [2.45, 2.75) is 13.1 Å². The van der Waals surface area contributed by atoms with E-state index >= 15 is 0 Å². The van der Waals surface area contributed by atoms with Crippen LogP contribution in [0.5, 0.6) is 0 Å². The maximum atomic E-state index is 12.3. The molecule has 5 heteroatoms. The molecule has 0 spiro atoms. The summed E-state index contributed by atoms with van der Waals surface area (Å²) in [5.41, 5.74) is 5.44. The molecule has 1 heterocycles. The van der Waals surface area contributed by atoms with Crippen LogP contribution in [0.4, 0.5) is 5.69 Å². The number of hydrogen-bond acceptors (Lipinski definition) is 4. The highest BCUT2D eigenvalue weighted by atomic mass is 32.1. The normalized spacial score (nSPS) is 10.3. The number of rotatable bonds is 6. The quantitative estimate of drug-likeness (QED) is 0.727. The maximum absolute atomic E-state index is 12.3. The number of anilines is 1. The van der Waals surface area contributed by atoms with Gasteiger partial charge in [-0.3, -0.25) is 4.79 Å². The minimum Gasteiger partial charge on any atom is -0.379 e. The van der Waals surface area contributed by atoms with E-state index < -0.39 is 0 Å². The van der Waals surface area contributed by atoms with Crippen LogP contribution in [0.3, 0.4) is 0 Å². The number of nitrogens with one attached hydrogen (secondary N) is 2. The SMILES string of the molecule is O=C(NCc1ccccc1)c1cccc(NCc2cscn2)c1. The van der Waals surface area contributed by atoms with Gasteiger partial charge in [0.2, 0.25) is 0 Å². The highest BCUT2D eigenvalue weighted by Gasteiger charge is 2.06. The summed E-state index contributed by atoms with van der Waals surface area (Å²) in [5, 5.41) is 8.22. The van der Waals surface area contributed by atoms with Crippen LogP contribution in [0.25, 0.3) is 0 Å². The van der Waals surface area contributed by atoms with E-state index in [0.717, 1.165) is 16.9 Å². The lowest BCUT2D eigenvalue weighted by Gasteiger charge is -2.08. The topological polar surface area (TPSA) is 54.0 Å². The molecule has 0 atom stereocenters. The Bertz CT molecular complexity index is 757. The second kappa shape index (κ2) is 7.56. The van der Waals surface area contributed by atoms with Crippen molar-refractivity contribution in [2.24, 2.45) is 0 Å². The summed E-state index contributed by atoms with van der Waals surface area (Å²) in [4.78, 5) is 16.5. The Kier molecular flexibility index (Phi) is 5.01. The van der Waals surface area contributed by atoms with Gasteiger partial charge in [0.15, 0.2) is 0 Å². The van der Waals surface area contributed by atoms with Gasteiger partial charge in [-0.25, -0.2) is 4.98 Å². The number of aromatic nitrogens is 1. The molecule has 3 aromatic rings. The zero-order valence-electron chi connectivity index (χ0n) is 12.5. The maximum Gasteiger partial charge on any atom is 0.251 e. The summed E-state index contributed by atoms with van der Waals surface area (Å²) in [6, 6.07) is 17.4. The molecular weight excluding hydrogens is 306 g/mol. The number of thiazole rings is 1. The average Bonchev–Trinajstić information content (AvgIpc) is 3.12. The molecule has 0 aliphatic carbocycles. The van der Waals surface area contributed by atoms with E-state index in [9.17, 15) is 4.79 Å². The molecule has 116 valence electrons. The number of benzene rings is 2. The van der Waals surface area contributed by atoms with Crippen LogP contribution in [0.15, 0.2) is 65.5 Å². The first-order valence-corrected chi connectivity index (χ1v) is 8.29. The van der Waals surface area contributed by atoms with E-state index in [-0.39, 0.29) is 5.91 Å². The van der Waals surface area contributed by atoms with Gasteiger partial charge in [-0.1, -0.05) is 36.4 Å². The fourth-order valence-corrected chi connectivity index (χ4v) is 2.73. The lowest BCUT2D eigenvalue weighted by molar-refractivity contribution is 0.0951. The van der Waals surface area contributed by atoms with Crippen LogP contribution < -0.4 is 10.6 Å². The third-order valence-electron chi connectivity index (χ3n) is 3.38. The molecule has 2 aromatic carbocycles. The second-order valence-electron chi connectivity index (χ2n) is 5.08. The molecule has 4 nitrogen and oxygen atoms in total. The van der Waals surface area contributed by atoms with Crippen LogP contribution in [0.2, 0.25) is 0 Å². The smallest absolute Gasteiger partial charge is 0.251 e. The van der Waals surface area contributed by atoms with Gasteiger partial charge in [-0.05, 0) is 23.8 Å². The molecule has 23 heavy (non-hydrogen) atoms. The Morgan fingerprint density at radius 3 is 2.70 bits per heavy atom. The zero-order valence-corrected chi connectivity index (χ0v) is 13.3. The van der Waals surface area contributed by atoms with Crippen molar-refractivity contribution in [1.29, 1.82) is 0 Å². The van der Waals surface area contributed by atoms with E-state index in [1.807, 2.05) is 65.5 Å². The number of carbonyl (C=O) groups is 1. The molecule has 0 radical (unpaired) electrons. The summed E-state index contributed by atoms with van der Waals surface area (Å²) in [7, 11) is 0. The first kappa shape index (κ1) is 15.2. The van der Waals surface area contributed by atoms with Crippen molar-refractivity contribution < 1.29 is 4.79 Å². The van der Waals surface area contributed by atoms with E-state index in [2.05, 4.69) is 15.6 Å². The van der Waals surface area contributed by atoms with Crippen LogP contribution in [0, 0.1) is 0 Å². The highest BCUT2D eigenvalue weighted by Crippen LogP contribution is 2.12. The zero-order chi connectivity index (χ0) is 15.9. The van der Waals surface area contributed by atoms with Gasteiger partial charge in [0, 0.05) is 23.2 Å². The largest absolute Gasteiger partial charge is 0.379 e. The standard InChI is InChI=1S/C18H17N3OS/c22-18(20-10-14-5-2-1-3-6-14)15-7-4-8-16(9-15)19-11-17-12-23-13-21-17/h1-9,12-13,19H,10-11H2,(H,20,22). The minimum atomic E-state index is -0.0776. The van der Waals surface area contributed by atoms with E-state index in [4.69, 9.17) is 0 Å². The van der Waals surface area contributed by atoms with Crippen molar-refractivity contribution in [1.82, 2.24) is 10.3 Å². The van der Waals surface area contributed by atoms with E-state index in [0.29, 0.717) is 18.7 Å². The van der Waals surface area contributed by atoms with Gasteiger partial charge in [0.25, 0.3) is 5.91 Å². The third-order valence-corrected chi connectivity index (χ3v) is 4.01. The van der Waals surface area contributed by atoms with Gasteiger partial charge in [-0.2, -0.15) is 0 Å². The molecule has 1 amide bonds. The molecule has 0 unspecified atom stereocenters. The van der Waals surface area contributed by atoms with E-state index in [1.54, 1.807) is 11.3 Å². The van der Waals surface area contributed by atoms with Gasteiger partial charge >= 0.3 is 0 Å². The second-order valence-corrected chi connectivity index (χ2v) is 5.80. The predicted octanol–water partition coefficient (Wildman–Crippen LogP) is 3.69. The van der Waals surface area contributed by atoms with Crippen LogP contribution in [-0.2, 0) is 13.1 Å². The van der Waals surface area contributed by atoms with Crippen molar-refractivity contribution in [3.63, 3.8) is 0 Å². The minimum absolute atomic E-state index is 0.0776. The number of amides is 1. The van der Waals surface area contributed by atoms with Gasteiger partial charge in [0.1, 0.15) is 0 Å². The summed E-state index contributed by atoms with van der Waals surface area (Å²) in [6.45, 7) is 1.18. The highest BCUT2D eigenvalue weighted by molar-refractivity contribution is 7.07. The Balaban J connectivity index is 1.58. The molecule has 0 saturated heterocycles. The average molecular weight is 323 g/mol. The van der Waals surface area contributed by atoms with E-state index in [1.165, 1.54) is 0 Å². The molecule has 3 rings (SSSR count). The third kappa shape index (κ3) is 4.40. The predicted molar refractivity (Wildman–Crippen MR) is 93.5 cm³/mol. The lowest BCUT2D eigenvalue weighted by atomic mass is 10.1. The molecule has 1 aromatic heterocycles. The van der Waals surface area contributed by atoms with Crippen LogP contribution in [-0.4, -0.2) is 10.9 Å². The van der Waals surface area contributed by atoms with Crippen molar-refractivity contribution in [3.8, 4) is 0 Å². The Hall–Kier alpha value is -2.66. The number of hydrogen-bond donors (Lipinski definition) is 2.